The number of nitrogens with zero attached hydrogens (tertiary/aromatic N) is 3. The van der Waals surface area contributed by atoms with Gasteiger partial charge in [-0.3, -0.25) is 33.8 Å². The van der Waals surface area contributed by atoms with E-state index in [2.05, 4.69) is 31.2 Å². The second kappa shape index (κ2) is 16.9. The summed E-state index contributed by atoms with van der Waals surface area (Å²) in [5.41, 5.74) is 0.0130. The Labute approximate surface area is 277 Å². The van der Waals surface area contributed by atoms with Gasteiger partial charge in [0.05, 0.1) is 6.20 Å². The Morgan fingerprint density at radius 3 is 2.19 bits per heavy atom. The van der Waals surface area contributed by atoms with E-state index in [4.69, 9.17) is 0 Å². The zero-order valence-electron chi connectivity index (χ0n) is 27.5. The maximum absolute atomic E-state index is 14.1. The van der Waals surface area contributed by atoms with Crippen LogP contribution in [0.3, 0.4) is 0 Å². The molecule has 1 aliphatic carbocycles. The van der Waals surface area contributed by atoms with Crippen molar-refractivity contribution in [1.82, 2.24) is 36.1 Å². The number of alkyl halides is 2. The summed E-state index contributed by atoms with van der Waals surface area (Å²) in [7, 11) is 0. The van der Waals surface area contributed by atoms with E-state index in [1.807, 2.05) is 0 Å². The number of hydrogen-bond acceptors (Lipinski definition) is 9. The summed E-state index contributed by atoms with van der Waals surface area (Å²) in [6, 6.07) is -3.62. The average Bonchev–Trinajstić information content (AvgIpc) is 3.62. The number of carbonyl (C=O) groups excluding carboxylic acids is 6. The van der Waals surface area contributed by atoms with E-state index >= 15 is 0 Å². The van der Waals surface area contributed by atoms with Crippen LogP contribution in [0.15, 0.2) is 18.6 Å². The second-order valence-electron chi connectivity index (χ2n) is 12.7. The summed E-state index contributed by atoms with van der Waals surface area (Å²) in [5.74, 6) is -9.13. The molecule has 4 N–H and O–H groups in total. The highest BCUT2D eigenvalue weighted by Crippen LogP contribution is 2.43. The van der Waals surface area contributed by atoms with Crippen molar-refractivity contribution in [2.45, 2.75) is 103 Å². The first kappa shape index (κ1) is 37.8. The predicted octanol–water partition coefficient (Wildman–Crippen LogP) is 1.88. The zero-order chi connectivity index (χ0) is 35.0. The van der Waals surface area contributed by atoms with Gasteiger partial charge in [-0.15, -0.1) is 0 Å². The third kappa shape index (κ3) is 9.67. The lowest BCUT2D eigenvalue weighted by atomic mass is 9.93. The van der Waals surface area contributed by atoms with Crippen LogP contribution >= 0.6 is 11.8 Å². The van der Waals surface area contributed by atoms with E-state index in [1.165, 1.54) is 23.5 Å². The number of carbonyl (C=O) groups is 6. The number of hydrogen-bond donors (Lipinski definition) is 4. The Balaban J connectivity index is 1.82. The van der Waals surface area contributed by atoms with Crippen LogP contribution in [-0.4, -0.2) is 92.0 Å². The second-order valence-corrected chi connectivity index (χ2v) is 13.8. The molecule has 2 unspecified atom stereocenters. The Morgan fingerprint density at radius 1 is 0.936 bits per heavy atom. The molecule has 260 valence electrons. The fourth-order valence-corrected chi connectivity index (χ4v) is 6.59. The molecule has 0 spiro atoms. The van der Waals surface area contributed by atoms with E-state index in [1.54, 1.807) is 41.5 Å². The first-order chi connectivity index (χ1) is 22.2. The van der Waals surface area contributed by atoms with Crippen LogP contribution in [0.5, 0.6) is 0 Å². The van der Waals surface area contributed by atoms with Gasteiger partial charge in [-0.25, -0.2) is 4.98 Å². The SMILES string of the molecule is CC[C@H](C)NC(=O)C(=O)C(NC(=O)[C@@H]1[C@H]2CCC[C@H]2CN1C(=O)C(NC(=O)[C@H](NC(=O)c1cnccn1)C(C)C)C(C)C)SC(F)F. The van der Waals surface area contributed by atoms with E-state index in [0.717, 1.165) is 12.8 Å². The maximum atomic E-state index is 14.1. The van der Waals surface area contributed by atoms with Crippen LogP contribution in [0.25, 0.3) is 0 Å². The van der Waals surface area contributed by atoms with Crippen LogP contribution in [-0.2, 0) is 24.0 Å². The summed E-state index contributed by atoms with van der Waals surface area (Å²) >= 11 is -0.158. The molecule has 1 aromatic rings. The fraction of sp³-hybridized carbons (Fsp3) is 0.677. The highest BCUT2D eigenvalue weighted by Gasteiger charge is 2.51. The first-order valence-electron chi connectivity index (χ1n) is 15.9. The third-order valence-electron chi connectivity index (χ3n) is 8.67. The largest absolute Gasteiger partial charge is 0.347 e. The number of likely N-dealkylation sites (tertiary alicyclic amines) is 1. The minimum Gasteiger partial charge on any atom is -0.347 e. The van der Waals surface area contributed by atoms with E-state index in [9.17, 15) is 37.5 Å². The number of fused-ring (bicyclic) bond motifs is 1. The van der Waals surface area contributed by atoms with Gasteiger partial charge in [-0.05, 0) is 49.9 Å². The lowest BCUT2D eigenvalue weighted by Gasteiger charge is -2.33. The number of amides is 5. The Morgan fingerprint density at radius 2 is 1.62 bits per heavy atom. The minimum atomic E-state index is -3.06. The molecule has 0 aromatic carbocycles. The molecule has 3 rings (SSSR count). The van der Waals surface area contributed by atoms with Gasteiger partial charge in [0.2, 0.25) is 17.7 Å². The van der Waals surface area contributed by atoms with Gasteiger partial charge in [0, 0.05) is 25.0 Å². The molecule has 1 saturated heterocycles. The molecule has 47 heavy (non-hydrogen) atoms. The molecule has 2 fully saturated rings. The van der Waals surface area contributed by atoms with Crippen LogP contribution in [0.2, 0.25) is 0 Å². The first-order valence-corrected chi connectivity index (χ1v) is 16.9. The normalized spacial score (nSPS) is 21.5. The van der Waals surface area contributed by atoms with Crippen molar-refractivity contribution in [2.24, 2.45) is 23.7 Å². The minimum absolute atomic E-state index is 0.0130. The number of aromatic nitrogens is 2. The molecule has 13 nitrogen and oxygen atoms in total. The van der Waals surface area contributed by atoms with E-state index in [-0.39, 0.29) is 47.8 Å². The summed E-state index contributed by atoms with van der Waals surface area (Å²) in [4.78, 5) is 88.7. The van der Waals surface area contributed by atoms with Crippen LogP contribution in [0.4, 0.5) is 8.78 Å². The predicted molar refractivity (Wildman–Crippen MR) is 170 cm³/mol. The van der Waals surface area contributed by atoms with Crippen molar-refractivity contribution in [2.75, 3.05) is 6.54 Å². The highest BCUT2D eigenvalue weighted by molar-refractivity contribution is 8.01. The highest BCUT2D eigenvalue weighted by atomic mass is 32.2. The summed E-state index contributed by atoms with van der Waals surface area (Å²) in [6.07, 6.45) is 6.66. The molecule has 1 aliphatic heterocycles. The van der Waals surface area contributed by atoms with E-state index < -0.39 is 70.5 Å². The molecule has 1 aromatic heterocycles. The lowest BCUT2D eigenvalue weighted by Crippen LogP contribution is -2.60. The van der Waals surface area contributed by atoms with Crippen molar-refractivity contribution in [3.63, 3.8) is 0 Å². The maximum Gasteiger partial charge on any atom is 0.290 e. The number of rotatable bonds is 15. The quantitative estimate of drug-likeness (QED) is 0.159. The fourth-order valence-electron chi connectivity index (χ4n) is 5.96. The van der Waals surface area contributed by atoms with Crippen molar-refractivity contribution in [1.29, 1.82) is 0 Å². The van der Waals surface area contributed by atoms with Gasteiger partial charge >= 0.3 is 0 Å². The lowest BCUT2D eigenvalue weighted by molar-refractivity contribution is -0.144. The summed E-state index contributed by atoms with van der Waals surface area (Å²) < 4.78 is 27.0. The number of nitrogens with one attached hydrogen (secondary N) is 4. The van der Waals surface area contributed by atoms with Crippen molar-refractivity contribution < 1.29 is 37.5 Å². The molecule has 0 radical (unpaired) electrons. The van der Waals surface area contributed by atoms with Crippen LogP contribution in [0, 0.1) is 23.7 Å². The topological polar surface area (TPSA) is 180 Å². The van der Waals surface area contributed by atoms with Gasteiger partial charge in [0.25, 0.3) is 23.4 Å². The number of Topliss-reactive ketones (excluding diaryl/α,β-unsaturated/α-hetero) is 1. The molecular weight excluding hydrogens is 636 g/mol. The standard InChI is InChI=1S/C31H45F2N7O6S/c1-7-17(6)36-28(45)24(41)29(47-31(32)33)39-27(44)23-19-10-8-9-18(19)14-40(23)30(46)22(16(4)5)38-26(43)21(15(2)3)37-25(42)20-13-34-11-12-35-20/h11-13,15-19,21-23,29,31H,7-10,14H2,1-6H3,(H,36,45)(H,37,42)(H,38,43)(H,39,44)/t17-,18-,19-,21+,22?,23-,29?/m0/s1. The Kier molecular flexibility index (Phi) is 13.6. The molecule has 5 amide bonds. The molecule has 2 heterocycles. The van der Waals surface area contributed by atoms with Gasteiger partial charge in [-0.2, -0.15) is 8.78 Å². The van der Waals surface area contributed by atoms with Crippen LogP contribution < -0.4 is 21.3 Å². The third-order valence-corrected chi connectivity index (χ3v) is 9.48. The molecule has 2 aliphatic rings. The van der Waals surface area contributed by atoms with Gasteiger partial charge < -0.3 is 26.2 Å². The molecule has 16 heteroatoms. The van der Waals surface area contributed by atoms with Crippen molar-refractivity contribution >= 4 is 47.1 Å². The van der Waals surface area contributed by atoms with Crippen molar-refractivity contribution in [3.8, 4) is 0 Å². The van der Waals surface area contributed by atoms with E-state index in [0.29, 0.717) is 12.8 Å². The molecule has 0 bridgehead atoms. The molecular formula is C31H45F2N7O6S. The van der Waals surface area contributed by atoms with Gasteiger partial charge in [0.15, 0.2) is 0 Å². The molecule has 1 saturated carbocycles. The van der Waals surface area contributed by atoms with Crippen molar-refractivity contribution in [3.05, 3.63) is 24.3 Å². The van der Waals surface area contributed by atoms with Gasteiger partial charge in [-0.1, -0.05) is 52.8 Å². The Bertz CT molecular complexity index is 1300. The average molecular weight is 682 g/mol. The smallest absolute Gasteiger partial charge is 0.290 e. The van der Waals surface area contributed by atoms with Crippen LogP contribution in [0.1, 0.15) is 77.7 Å². The monoisotopic (exact) mass is 681 g/mol. The summed E-state index contributed by atoms with van der Waals surface area (Å²) in [6.45, 7) is 10.5. The summed E-state index contributed by atoms with van der Waals surface area (Å²) in [5, 5.41) is 8.31. The zero-order valence-corrected chi connectivity index (χ0v) is 28.3. The molecule has 7 atom stereocenters. The number of halogens is 2. The number of ketones is 1. The van der Waals surface area contributed by atoms with Gasteiger partial charge in [0.1, 0.15) is 29.2 Å². The Hall–Kier alpha value is -3.69. The number of thioether (sulfide) groups is 1.